The van der Waals surface area contributed by atoms with Gasteiger partial charge in [0.1, 0.15) is 5.82 Å². The third-order valence-electron chi connectivity index (χ3n) is 4.30. The van der Waals surface area contributed by atoms with Crippen LogP contribution in [0, 0.1) is 0 Å². The largest absolute Gasteiger partial charge is 0.345 e. The van der Waals surface area contributed by atoms with Gasteiger partial charge >= 0.3 is 0 Å². The maximum Gasteiger partial charge on any atom is 0.257 e. The van der Waals surface area contributed by atoms with Gasteiger partial charge in [0.05, 0.1) is 17.5 Å². The Balaban J connectivity index is 1.68. The molecule has 0 radical (unpaired) electrons. The van der Waals surface area contributed by atoms with Crippen LogP contribution in [0.25, 0.3) is 0 Å². The van der Waals surface area contributed by atoms with Crippen molar-refractivity contribution in [2.24, 2.45) is 0 Å². The second-order valence-electron chi connectivity index (χ2n) is 6.33. The summed E-state index contributed by atoms with van der Waals surface area (Å²) in [5.41, 5.74) is 1.61. The molecule has 1 fully saturated rings. The number of carbonyl (C=O) groups excluding carboxylic acids is 1. The van der Waals surface area contributed by atoms with Crippen LogP contribution in [0.15, 0.2) is 6.20 Å². The molecule has 1 N–H and O–H groups in total. The first-order valence-electron chi connectivity index (χ1n) is 8.50. The number of hydrogen-bond donors (Lipinski definition) is 1. The molecule has 24 heavy (non-hydrogen) atoms. The monoisotopic (exact) mass is 348 g/mol. The lowest BCUT2D eigenvalue weighted by molar-refractivity contribution is 0.0765. The van der Waals surface area contributed by atoms with E-state index in [9.17, 15) is 4.79 Å². The summed E-state index contributed by atoms with van der Waals surface area (Å²) in [5.74, 6) is 1.22. The Morgan fingerprint density at radius 1 is 1.33 bits per heavy atom. The van der Waals surface area contributed by atoms with E-state index in [1.165, 1.54) is 11.5 Å². The fourth-order valence-electron chi connectivity index (χ4n) is 2.91. The predicted molar refractivity (Wildman–Crippen MR) is 94.7 cm³/mol. The minimum atomic E-state index is 0.0702. The van der Waals surface area contributed by atoms with Gasteiger partial charge in [0.15, 0.2) is 0 Å². The number of anilines is 1. The molecule has 1 amide bonds. The van der Waals surface area contributed by atoms with Crippen molar-refractivity contribution in [3.05, 3.63) is 23.3 Å². The molecular weight excluding hydrogens is 324 g/mol. The van der Waals surface area contributed by atoms with E-state index in [0.717, 1.165) is 49.1 Å². The summed E-state index contributed by atoms with van der Waals surface area (Å²) in [6.45, 7) is 9.35. The molecule has 0 atom stereocenters. The highest BCUT2D eigenvalue weighted by Crippen LogP contribution is 2.22. The van der Waals surface area contributed by atoms with Gasteiger partial charge in [-0.3, -0.25) is 9.89 Å². The zero-order valence-electron chi connectivity index (χ0n) is 14.4. The van der Waals surface area contributed by atoms with Crippen LogP contribution < -0.4 is 4.90 Å². The van der Waals surface area contributed by atoms with E-state index in [4.69, 9.17) is 0 Å². The van der Waals surface area contributed by atoms with E-state index in [1.54, 1.807) is 6.20 Å². The average molecular weight is 348 g/mol. The van der Waals surface area contributed by atoms with Gasteiger partial charge < -0.3 is 9.80 Å². The molecule has 0 unspecified atom stereocenters. The van der Waals surface area contributed by atoms with Gasteiger partial charge in [-0.2, -0.15) is 9.47 Å². The predicted octanol–water partition coefficient (Wildman–Crippen LogP) is 2.30. The number of aryl methyl sites for hydroxylation is 1. The number of amides is 1. The Bertz CT molecular complexity index is 694. The number of H-pyrrole nitrogens is 1. The fraction of sp³-hybridized carbons (Fsp3) is 0.625. The third kappa shape index (κ3) is 3.43. The summed E-state index contributed by atoms with van der Waals surface area (Å²) in [4.78, 5) is 21.6. The molecule has 0 spiro atoms. The smallest absolute Gasteiger partial charge is 0.257 e. The SMILES string of the molecule is CCc1nsc(N2CCCN(C(=O)c3cn[nH]c3C(C)C)CC2)n1. The summed E-state index contributed by atoms with van der Waals surface area (Å²) in [6, 6.07) is 0. The van der Waals surface area contributed by atoms with E-state index >= 15 is 0 Å². The van der Waals surface area contributed by atoms with E-state index in [1.807, 2.05) is 4.90 Å². The summed E-state index contributed by atoms with van der Waals surface area (Å²) in [5, 5.41) is 7.98. The van der Waals surface area contributed by atoms with Crippen LogP contribution >= 0.6 is 11.5 Å². The normalized spacial score (nSPS) is 15.8. The lowest BCUT2D eigenvalue weighted by Crippen LogP contribution is -2.35. The van der Waals surface area contributed by atoms with E-state index in [0.29, 0.717) is 12.1 Å². The zero-order chi connectivity index (χ0) is 17.1. The molecule has 1 saturated heterocycles. The van der Waals surface area contributed by atoms with Crippen LogP contribution in [0.1, 0.15) is 55.0 Å². The molecule has 130 valence electrons. The molecule has 7 nitrogen and oxygen atoms in total. The van der Waals surface area contributed by atoms with E-state index in [-0.39, 0.29) is 11.8 Å². The van der Waals surface area contributed by atoms with Gasteiger partial charge in [0.2, 0.25) is 5.13 Å². The highest BCUT2D eigenvalue weighted by atomic mass is 32.1. The van der Waals surface area contributed by atoms with Crippen molar-refractivity contribution < 1.29 is 4.79 Å². The lowest BCUT2D eigenvalue weighted by Gasteiger charge is -2.21. The standard InChI is InChI=1S/C16H24N6OS/c1-4-13-18-16(24-20-13)22-7-5-6-21(8-9-22)15(23)12-10-17-19-14(12)11(2)3/h10-11H,4-9H2,1-3H3,(H,17,19). The van der Waals surface area contributed by atoms with E-state index in [2.05, 4.69) is 45.2 Å². The van der Waals surface area contributed by atoms with Crippen molar-refractivity contribution in [1.29, 1.82) is 0 Å². The number of carbonyl (C=O) groups is 1. The summed E-state index contributed by atoms with van der Waals surface area (Å²) < 4.78 is 4.36. The molecule has 0 aromatic carbocycles. The minimum absolute atomic E-state index is 0.0702. The Morgan fingerprint density at radius 2 is 2.17 bits per heavy atom. The summed E-state index contributed by atoms with van der Waals surface area (Å²) >= 11 is 1.45. The van der Waals surface area contributed by atoms with Crippen LogP contribution in [0.2, 0.25) is 0 Å². The number of rotatable bonds is 4. The number of nitrogens with zero attached hydrogens (tertiary/aromatic N) is 5. The first-order chi connectivity index (χ1) is 11.6. The molecule has 0 saturated carbocycles. The molecule has 0 aliphatic carbocycles. The van der Waals surface area contributed by atoms with Crippen molar-refractivity contribution >= 4 is 22.6 Å². The number of aromatic nitrogens is 4. The van der Waals surface area contributed by atoms with E-state index < -0.39 is 0 Å². The lowest BCUT2D eigenvalue weighted by atomic mass is 10.1. The first kappa shape index (κ1) is 16.9. The Labute approximate surface area is 146 Å². The van der Waals surface area contributed by atoms with Crippen LogP contribution in [0.3, 0.4) is 0 Å². The molecule has 0 bridgehead atoms. The minimum Gasteiger partial charge on any atom is -0.345 e. The average Bonchev–Trinajstić information content (AvgIpc) is 3.19. The quantitative estimate of drug-likeness (QED) is 0.917. The Kier molecular flexibility index (Phi) is 5.13. The van der Waals surface area contributed by atoms with Crippen LogP contribution in [0.5, 0.6) is 0 Å². The third-order valence-corrected chi connectivity index (χ3v) is 5.12. The number of nitrogens with one attached hydrogen (secondary N) is 1. The zero-order valence-corrected chi connectivity index (χ0v) is 15.3. The molecule has 2 aromatic heterocycles. The van der Waals surface area contributed by atoms with Gasteiger partial charge in [-0.1, -0.05) is 20.8 Å². The molecule has 3 rings (SSSR count). The van der Waals surface area contributed by atoms with Gasteiger partial charge in [-0.05, 0) is 12.3 Å². The summed E-state index contributed by atoms with van der Waals surface area (Å²) in [7, 11) is 0. The molecule has 2 aromatic rings. The Hall–Kier alpha value is -1.96. The van der Waals surface area contributed by atoms with Crippen LogP contribution in [-0.2, 0) is 6.42 Å². The maximum atomic E-state index is 12.9. The van der Waals surface area contributed by atoms with Crippen molar-refractivity contribution in [1.82, 2.24) is 24.5 Å². The molecular formula is C16H24N6OS. The number of aromatic amines is 1. The van der Waals surface area contributed by atoms with Crippen molar-refractivity contribution in [3.8, 4) is 0 Å². The van der Waals surface area contributed by atoms with Gasteiger partial charge in [-0.15, -0.1) is 0 Å². The molecule has 8 heteroatoms. The van der Waals surface area contributed by atoms with Crippen molar-refractivity contribution in [3.63, 3.8) is 0 Å². The summed E-state index contributed by atoms with van der Waals surface area (Å²) in [6.07, 6.45) is 3.44. The second kappa shape index (κ2) is 7.29. The topological polar surface area (TPSA) is 78.0 Å². The van der Waals surface area contributed by atoms with Crippen LogP contribution in [-0.4, -0.2) is 56.5 Å². The van der Waals surface area contributed by atoms with Crippen LogP contribution in [0.4, 0.5) is 5.13 Å². The highest BCUT2D eigenvalue weighted by Gasteiger charge is 2.25. The highest BCUT2D eigenvalue weighted by molar-refractivity contribution is 7.09. The number of hydrogen-bond acceptors (Lipinski definition) is 6. The van der Waals surface area contributed by atoms with Gasteiger partial charge in [-0.25, -0.2) is 4.98 Å². The van der Waals surface area contributed by atoms with Gasteiger partial charge in [0.25, 0.3) is 5.91 Å². The van der Waals surface area contributed by atoms with Crippen molar-refractivity contribution in [2.45, 2.75) is 39.5 Å². The second-order valence-corrected chi connectivity index (χ2v) is 7.06. The molecule has 1 aliphatic heterocycles. The van der Waals surface area contributed by atoms with Gasteiger partial charge in [0, 0.05) is 44.1 Å². The molecule has 3 heterocycles. The first-order valence-corrected chi connectivity index (χ1v) is 9.27. The maximum absolute atomic E-state index is 12.9. The fourth-order valence-corrected chi connectivity index (χ4v) is 3.71. The Morgan fingerprint density at radius 3 is 2.88 bits per heavy atom. The molecule has 1 aliphatic rings. The van der Waals surface area contributed by atoms with Crippen molar-refractivity contribution in [2.75, 3.05) is 31.1 Å².